The van der Waals surface area contributed by atoms with Crippen molar-refractivity contribution in [3.05, 3.63) is 71.0 Å². The molecule has 1 aliphatic carbocycles. The molecule has 0 bridgehead atoms. The van der Waals surface area contributed by atoms with Gasteiger partial charge in [-0.05, 0) is 36.3 Å². The Morgan fingerprint density at radius 3 is 2.40 bits per heavy atom. The lowest BCUT2D eigenvalue weighted by atomic mass is 10.1. The molecule has 3 rings (SSSR count). The van der Waals surface area contributed by atoms with Gasteiger partial charge in [-0.25, -0.2) is 0 Å². The molecule has 0 spiro atoms. The first-order valence-electron chi connectivity index (χ1n) is 6.34. The number of hydrogen-bond donors (Lipinski definition) is 0. The van der Waals surface area contributed by atoms with Gasteiger partial charge in [0, 0.05) is 6.42 Å². The predicted molar refractivity (Wildman–Crippen MR) is 77.6 cm³/mol. The summed E-state index contributed by atoms with van der Waals surface area (Å²) >= 11 is 0. The second kappa shape index (κ2) is 4.80. The quantitative estimate of drug-likeness (QED) is 0.813. The Hall–Kier alpha value is -2.07. The van der Waals surface area contributed by atoms with Gasteiger partial charge < -0.3 is 4.18 Å². The number of aryl methyl sites for hydroxylation is 1. The smallest absolute Gasteiger partial charge is 0.338 e. The highest BCUT2D eigenvalue weighted by Gasteiger charge is 2.21. The standard InChI is InChI=1S/C16H14O3S/c1-12-6-8-16(9-7-12)20(17,18)19-15-10-13-4-2-3-5-14(13)11-15/h2-10H,11H2,1H3. The van der Waals surface area contributed by atoms with Gasteiger partial charge in [0.25, 0.3) is 0 Å². The van der Waals surface area contributed by atoms with Gasteiger partial charge in [-0.3, -0.25) is 0 Å². The molecule has 4 heteroatoms. The monoisotopic (exact) mass is 286 g/mol. The van der Waals surface area contributed by atoms with Crippen LogP contribution in [0.1, 0.15) is 16.7 Å². The molecular weight excluding hydrogens is 272 g/mol. The molecule has 0 unspecified atom stereocenters. The zero-order valence-electron chi connectivity index (χ0n) is 11.0. The summed E-state index contributed by atoms with van der Waals surface area (Å²) in [6.45, 7) is 1.91. The highest BCUT2D eigenvalue weighted by Crippen LogP contribution is 2.28. The van der Waals surface area contributed by atoms with Crippen LogP contribution in [-0.2, 0) is 20.7 Å². The van der Waals surface area contributed by atoms with Crippen LogP contribution in [0.3, 0.4) is 0 Å². The lowest BCUT2D eigenvalue weighted by Gasteiger charge is -2.07. The molecule has 0 fully saturated rings. The van der Waals surface area contributed by atoms with Crippen LogP contribution < -0.4 is 0 Å². The normalized spacial score (nSPS) is 13.8. The number of allylic oxidation sites excluding steroid dienone is 1. The molecular formula is C16H14O3S. The molecule has 0 heterocycles. The van der Waals surface area contributed by atoms with Crippen LogP contribution in [-0.4, -0.2) is 8.42 Å². The minimum atomic E-state index is -3.75. The van der Waals surface area contributed by atoms with Crippen molar-refractivity contribution < 1.29 is 12.6 Å². The molecule has 0 radical (unpaired) electrons. The Balaban J connectivity index is 1.84. The molecule has 20 heavy (non-hydrogen) atoms. The van der Waals surface area contributed by atoms with Crippen molar-refractivity contribution in [3.8, 4) is 0 Å². The summed E-state index contributed by atoms with van der Waals surface area (Å²) in [7, 11) is -3.75. The molecule has 0 N–H and O–H groups in total. The fraction of sp³-hybridized carbons (Fsp3) is 0.125. The van der Waals surface area contributed by atoms with Crippen LogP contribution in [0.2, 0.25) is 0 Å². The molecule has 102 valence electrons. The Morgan fingerprint density at radius 2 is 1.70 bits per heavy atom. The van der Waals surface area contributed by atoms with Gasteiger partial charge in [0.05, 0.1) is 0 Å². The molecule has 0 amide bonds. The summed E-state index contributed by atoms with van der Waals surface area (Å²) in [6.07, 6.45) is 2.29. The van der Waals surface area contributed by atoms with E-state index in [0.717, 1.165) is 16.7 Å². The Labute approximate surface area is 118 Å². The van der Waals surface area contributed by atoms with Crippen molar-refractivity contribution in [1.29, 1.82) is 0 Å². The maximum absolute atomic E-state index is 12.2. The summed E-state index contributed by atoms with van der Waals surface area (Å²) in [5, 5.41) is 0. The first-order chi connectivity index (χ1) is 9.54. The topological polar surface area (TPSA) is 43.4 Å². The molecule has 0 saturated heterocycles. The summed E-state index contributed by atoms with van der Waals surface area (Å²) in [5.74, 6) is 0.465. The van der Waals surface area contributed by atoms with E-state index in [1.54, 1.807) is 30.3 Å². The van der Waals surface area contributed by atoms with Crippen LogP contribution in [0.5, 0.6) is 0 Å². The highest BCUT2D eigenvalue weighted by molar-refractivity contribution is 7.86. The second-order valence-corrected chi connectivity index (χ2v) is 6.38. The fourth-order valence-electron chi connectivity index (χ4n) is 2.20. The molecule has 1 aliphatic rings. The molecule has 3 nitrogen and oxygen atoms in total. The van der Waals surface area contributed by atoms with Crippen molar-refractivity contribution in [2.75, 3.05) is 0 Å². The van der Waals surface area contributed by atoms with Crippen LogP contribution in [0.15, 0.2) is 59.2 Å². The van der Waals surface area contributed by atoms with Gasteiger partial charge in [0.1, 0.15) is 10.7 Å². The Kier molecular flexibility index (Phi) is 3.10. The number of fused-ring (bicyclic) bond motifs is 1. The molecule has 2 aromatic rings. The molecule has 0 aliphatic heterocycles. The number of benzene rings is 2. The van der Waals surface area contributed by atoms with E-state index in [1.807, 2.05) is 31.2 Å². The lowest BCUT2D eigenvalue weighted by molar-refractivity contribution is 0.404. The number of hydrogen-bond acceptors (Lipinski definition) is 3. The van der Waals surface area contributed by atoms with E-state index < -0.39 is 10.1 Å². The van der Waals surface area contributed by atoms with Crippen molar-refractivity contribution in [3.63, 3.8) is 0 Å². The predicted octanol–water partition coefficient (Wildman–Crippen LogP) is 3.30. The van der Waals surface area contributed by atoms with Gasteiger partial charge in [-0.2, -0.15) is 8.42 Å². The Bertz CT molecular complexity index is 772. The third kappa shape index (κ3) is 2.47. The third-order valence-electron chi connectivity index (χ3n) is 3.26. The van der Waals surface area contributed by atoms with E-state index in [1.165, 1.54) is 0 Å². The van der Waals surface area contributed by atoms with Gasteiger partial charge in [-0.1, -0.05) is 42.0 Å². The summed E-state index contributed by atoms with van der Waals surface area (Å²) in [6, 6.07) is 14.4. The van der Waals surface area contributed by atoms with E-state index in [9.17, 15) is 8.42 Å². The average molecular weight is 286 g/mol. The van der Waals surface area contributed by atoms with Crippen LogP contribution in [0.4, 0.5) is 0 Å². The highest BCUT2D eigenvalue weighted by atomic mass is 32.2. The first-order valence-corrected chi connectivity index (χ1v) is 7.75. The van der Waals surface area contributed by atoms with Gasteiger partial charge in [0.2, 0.25) is 0 Å². The minimum absolute atomic E-state index is 0.181. The summed E-state index contributed by atoms with van der Waals surface area (Å²) < 4.78 is 29.6. The van der Waals surface area contributed by atoms with E-state index in [4.69, 9.17) is 4.18 Å². The molecule has 0 aromatic heterocycles. The fourth-order valence-corrected chi connectivity index (χ4v) is 3.15. The largest absolute Gasteiger partial charge is 0.383 e. The van der Waals surface area contributed by atoms with Crippen molar-refractivity contribution in [1.82, 2.24) is 0 Å². The van der Waals surface area contributed by atoms with E-state index in [-0.39, 0.29) is 4.90 Å². The van der Waals surface area contributed by atoms with Crippen molar-refractivity contribution in [2.24, 2.45) is 0 Å². The summed E-state index contributed by atoms with van der Waals surface area (Å²) in [5.41, 5.74) is 3.11. The Morgan fingerprint density at radius 1 is 1.00 bits per heavy atom. The SMILES string of the molecule is Cc1ccc(S(=O)(=O)OC2=Cc3ccccc3C2)cc1. The minimum Gasteiger partial charge on any atom is -0.383 e. The molecule has 2 aromatic carbocycles. The number of rotatable bonds is 3. The lowest BCUT2D eigenvalue weighted by Crippen LogP contribution is -2.06. The molecule has 0 saturated carbocycles. The van der Waals surface area contributed by atoms with Crippen LogP contribution in [0, 0.1) is 6.92 Å². The van der Waals surface area contributed by atoms with Gasteiger partial charge in [-0.15, -0.1) is 0 Å². The van der Waals surface area contributed by atoms with Crippen molar-refractivity contribution >= 4 is 16.2 Å². The second-order valence-electron chi connectivity index (χ2n) is 4.84. The van der Waals surface area contributed by atoms with Crippen molar-refractivity contribution in [2.45, 2.75) is 18.2 Å². The molecule has 0 atom stereocenters. The first kappa shape index (κ1) is 12.9. The zero-order chi connectivity index (χ0) is 14.2. The van der Waals surface area contributed by atoms with E-state index >= 15 is 0 Å². The maximum Gasteiger partial charge on any atom is 0.338 e. The third-order valence-corrected chi connectivity index (χ3v) is 4.55. The van der Waals surface area contributed by atoms with E-state index in [0.29, 0.717) is 12.2 Å². The maximum atomic E-state index is 12.2. The van der Waals surface area contributed by atoms with Crippen LogP contribution in [0.25, 0.3) is 6.08 Å². The van der Waals surface area contributed by atoms with Gasteiger partial charge >= 0.3 is 10.1 Å². The van der Waals surface area contributed by atoms with Gasteiger partial charge in [0.15, 0.2) is 0 Å². The van der Waals surface area contributed by atoms with E-state index in [2.05, 4.69) is 0 Å². The summed E-state index contributed by atoms with van der Waals surface area (Å²) in [4.78, 5) is 0.181. The zero-order valence-corrected chi connectivity index (χ0v) is 11.9. The average Bonchev–Trinajstić information content (AvgIpc) is 2.80. The van der Waals surface area contributed by atoms with Crippen LogP contribution >= 0.6 is 0 Å².